The Morgan fingerprint density at radius 2 is 1.96 bits per heavy atom. The molecule has 1 heterocycles. The summed E-state index contributed by atoms with van der Waals surface area (Å²) < 4.78 is 0. The highest BCUT2D eigenvalue weighted by molar-refractivity contribution is 8.18. The molecule has 0 aromatic heterocycles. The van der Waals surface area contributed by atoms with Gasteiger partial charge in [0.05, 0.1) is 4.91 Å². The molecular weight excluding hydrogens is 312 g/mol. The number of carbonyl (C=O) groups is 3. The Hall–Kier alpha value is -2.08. The summed E-state index contributed by atoms with van der Waals surface area (Å²) >= 11 is 0.936. The van der Waals surface area contributed by atoms with E-state index in [9.17, 15) is 14.4 Å². The molecule has 122 valence electrons. The quantitative estimate of drug-likeness (QED) is 0.813. The first kappa shape index (κ1) is 17.3. The van der Waals surface area contributed by atoms with Crippen molar-refractivity contribution >= 4 is 34.9 Å². The van der Waals surface area contributed by atoms with Crippen LogP contribution in [0.4, 0.5) is 4.79 Å². The zero-order chi connectivity index (χ0) is 16.8. The van der Waals surface area contributed by atoms with Crippen molar-refractivity contribution in [2.75, 3.05) is 13.1 Å². The van der Waals surface area contributed by atoms with E-state index >= 15 is 0 Å². The molecule has 3 amide bonds. The van der Waals surface area contributed by atoms with Crippen LogP contribution in [0.3, 0.4) is 0 Å². The van der Waals surface area contributed by atoms with Crippen molar-refractivity contribution in [2.45, 2.75) is 26.7 Å². The molecule has 0 saturated carbocycles. The molecule has 1 aliphatic rings. The average Bonchev–Trinajstić information content (AvgIpc) is 2.77. The number of amides is 3. The molecule has 6 heteroatoms. The summed E-state index contributed by atoms with van der Waals surface area (Å²) in [6.45, 7) is 4.40. The monoisotopic (exact) mass is 332 g/mol. The van der Waals surface area contributed by atoms with Crippen LogP contribution in [0.1, 0.15) is 30.9 Å². The predicted molar refractivity (Wildman–Crippen MR) is 91.8 cm³/mol. The van der Waals surface area contributed by atoms with Gasteiger partial charge in [-0.3, -0.25) is 19.3 Å². The summed E-state index contributed by atoms with van der Waals surface area (Å²) in [4.78, 5) is 37.2. The number of imide groups is 1. The molecular formula is C17H20N2O3S. The minimum Gasteiger partial charge on any atom is -0.354 e. The number of rotatable bonds is 6. The summed E-state index contributed by atoms with van der Waals surface area (Å²) in [5.74, 6) is -0.361. The molecule has 1 aromatic carbocycles. The minimum absolute atomic E-state index is 0.0605. The van der Waals surface area contributed by atoms with Crippen LogP contribution in [0.2, 0.25) is 0 Å². The maximum absolute atomic E-state index is 12.3. The van der Waals surface area contributed by atoms with Crippen molar-refractivity contribution in [3.63, 3.8) is 0 Å². The molecule has 2 rings (SSSR count). The topological polar surface area (TPSA) is 66.5 Å². The van der Waals surface area contributed by atoms with Gasteiger partial charge in [0, 0.05) is 19.5 Å². The summed E-state index contributed by atoms with van der Waals surface area (Å²) in [7, 11) is 0. The first-order valence-corrected chi connectivity index (χ1v) is 8.41. The van der Waals surface area contributed by atoms with Gasteiger partial charge in [-0.15, -0.1) is 0 Å². The average molecular weight is 332 g/mol. The van der Waals surface area contributed by atoms with E-state index in [1.54, 1.807) is 6.08 Å². The van der Waals surface area contributed by atoms with Crippen molar-refractivity contribution in [3.8, 4) is 0 Å². The lowest BCUT2D eigenvalue weighted by molar-refractivity contribution is -0.124. The Labute approximate surface area is 140 Å². The van der Waals surface area contributed by atoms with Crippen molar-refractivity contribution in [1.29, 1.82) is 0 Å². The second-order valence-corrected chi connectivity index (χ2v) is 6.34. The number of nitrogens with one attached hydrogen (secondary N) is 1. The zero-order valence-electron chi connectivity index (χ0n) is 13.3. The number of aryl methyl sites for hydroxylation is 1. The Bertz CT molecular complexity index is 638. The van der Waals surface area contributed by atoms with Crippen LogP contribution in [-0.2, 0) is 9.59 Å². The number of benzene rings is 1. The van der Waals surface area contributed by atoms with Gasteiger partial charge < -0.3 is 5.32 Å². The van der Waals surface area contributed by atoms with E-state index in [0.717, 1.165) is 29.3 Å². The molecule has 1 fully saturated rings. The van der Waals surface area contributed by atoms with E-state index in [-0.39, 0.29) is 30.1 Å². The van der Waals surface area contributed by atoms with E-state index in [4.69, 9.17) is 0 Å². The van der Waals surface area contributed by atoms with Crippen LogP contribution in [0.15, 0.2) is 29.2 Å². The summed E-state index contributed by atoms with van der Waals surface area (Å²) in [5, 5.41) is 2.42. The number of thioether (sulfide) groups is 1. The van der Waals surface area contributed by atoms with E-state index in [2.05, 4.69) is 5.32 Å². The predicted octanol–water partition coefficient (Wildman–Crippen LogP) is 2.95. The molecule has 1 saturated heterocycles. The second-order valence-electron chi connectivity index (χ2n) is 5.34. The van der Waals surface area contributed by atoms with Gasteiger partial charge >= 0.3 is 0 Å². The normalized spacial score (nSPS) is 16.3. The molecule has 0 atom stereocenters. The van der Waals surface area contributed by atoms with Gasteiger partial charge in [0.1, 0.15) is 0 Å². The maximum Gasteiger partial charge on any atom is 0.293 e. The van der Waals surface area contributed by atoms with Gasteiger partial charge in [-0.05, 0) is 36.7 Å². The maximum atomic E-state index is 12.3. The molecule has 23 heavy (non-hydrogen) atoms. The highest BCUT2D eigenvalue weighted by atomic mass is 32.2. The van der Waals surface area contributed by atoms with Gasteiger partial charge in [0.15, 0.2) is 0 Å². The Kier molecular flexibility index (Phi) is 5.98. The third kappa shape index (κ3) is 4.69. The fourth-order valence-corrected chi connectivity index (χ4v) is 2.99. The molecule has 0 aliphatic carbocycles. The van der Waals surface area contributed by atoms with Gasteiger partial charge in [-0.2, -0.15) is 0 Å². The van der Waals surface area contributed by atoms with Crippen LogP contribution in [-0.4, -0.2) is 35.0 Å². The Balaban J connectivity index is 1.96. The minimum atomic E-state index is -0.301. The van der Waals surface area contributed by atoms with E-state index in [1.807, 2.05) is 38.1 Å². The van der Waals surface area contributed by atoms with Crippen LogP contribution in [0.25, 0.3) is 6.08 Å². The van der Waals surface area contributed by atoms with Crippen molar-refractivity contribution in [2.24, 2.45) is 0 Å². The molecule has 1 aliphatic heterocycles. The highest BCUT2D eigenvalue weighted by Crippen LogP contribution is 2.31. The second kappa shape index (κ2) is 7.97. The summed E-state index contributed by atoms with van der Waals surface area (Å²) in [6, 6.07) is 7.74. The van der Waals surface area contributed by atoms with Gasteiger partial charge in [0.2, 0.25) is 5.91 Å². The third-order valence-corrected chi connectivity index (χ3v) is 4.29. The van der Waals surface area contributed by atoms with Crippen LogP contribution in [0.5, 0.6) is 0 Å². The number of carbonyl (C=O) groups excluding carboxylic acids is 3. The highest BCUT2D eigenvalue weighted by Gasteiger charge is 2.34. The number of hydrogen-bond acceptors (Lipinski definition) is 4. The fraction of sp³-hybridized carbons (Fsp3) is 0.353. The lowest BCUT2D eigenvalue weighted by Crippen LogP contribution is -2.37. The largest absolute Gasteiger partial charge is 0.354 e. The first-order chi connectivity index (χ1) is 11.0. The molecule has 5 nitrogen and oxygen atoms in total. The molecule has 0 unspecified atom stereocenters. The van der Waals surface area contributed by atoms with Gasteiger partial charge in [-0.25, -0.2) is 0 Å². The smallest absolute Gasteiger partial charge is 0.293 e. The van der Waals surface area contributed by atoms with Crippen LogP contribution >= 0.6 is 11.8 Å². The van der Waals surface area contributed by atoms with E-state index < -0.39 is 0 Å². The third-order valence-electron chi connectivity index (χ3n) is 3.38. The SMILES string of the molecule is CCCC(=O)NCCN1C(=O)S/C(=C/c2ccc(C)cc2)C1=O. The number of nitrogens with zero attached hydrogens (tertiary/aromatic N) is 1. The molecule has 0 spiro atoms. The van der Waals surface area contributed by atoms with E-state index in [1.165, 1.54) is 4.90 Å². The summed E-state index contributed by atoms with van der Waals surface area (Å²) in [5.41, 5.74) is 2.02. The fourth-order valence-electron chi connectivity index (χ4n) is 2.13. The summed E-state index contributed by atoms with van der Waals surface area (Å²) in [6.07, 6.45) is 2.95. The zero-order valence-corrected chi connectivity index (χ0v) is 14.1. The lowest BCUT2D eigenvalue weighted by Gasteiger charge is -2.12. The number of hydrogen-bond donors (Lipinski definition) is 1. The van der Waals surface area contributed by atoms with Crippen molar-refractivity contribution in [1.82, 2.24) is 10.2 Å². The van der Waals surface area contributed by atoms with Crippen molar-refractivity contribution < 1.29 is 14.4 Å². The van der Waals surface area contributed by atoms with E-state index in [0.29, 0.717) is 11.3 Å². The molecule has 0 radical (unpaired) electrons. The standard InChI is InChI=1S/C17H20N2O3S/c1-3-4-15(20)18-9-10-19-16(21)14(23-17(19)22)11-13-7-5-12(2)6-8-13/h5-8,11H,3-4,9-10H2,1-2H3,(H,18,20)/b14-11+. The van der Waals surface area contributed by atoms with Crippen LogP contribution in [0, 0.1) is 6.92 Å². The molecule has 1 aromatic rings. The Morgan fingerprint density at radius 3 is 2.61 bits per heavy atom. The van der Waals surface area contributed by atoms with Crippen LogP contribution < -0.4 is 5.32 Å². The Morgan fingerprint density at radius 1 is 1.26 bits per heavy atom. The lowest BCUT2D eigenvalue weighted by atomic mass is 10.1. The van der Waals surface area contributed by atoms with Crippen molar-refractivity contribution in [3.05, 3.63) is 40.3 Å². The first-order valence-electron chi connectivity index (χ1n) is 7.60. The van der Waals surface area contributed by atoms with Gasteiger partial charge in [0.25, 0.3) is 11.1 Å². The van der Waals surface area contributed by atoms with Gasteiger partial charge in [-0.1, -0.05) is 36.8 Å². The molecule has 1 N–H and O–H groups in total. The molecule has 0 bridgehead atoms.